The minimum Gasteiger partial charge on any atom is -0.478 e. The van der Waals surface area contributed by atoms with Crippen LogP contribution in [0, 0.1) is 0 Å². The predicted molar refractivity (Wildman–Crippen MR) is 163 cm³/mol. The summed E-state index contributed by atoms with van der Waals surface area (Å²) in [4.78, 5) is 19.8. The van der Waals surface area contributed by atoms with Crippen LogP contribution in [0.4, 0.5) is 0 Å². The molecule has 2 atom stereocenters. The molecule has 0 bridgehead atoms. The van der Waals surface area contributed by atoms with Crippen LogP contribution in [0.2, 0.25) is 5.02 Å². The van der Waals surface area contributed by atoms with Crippen molar-refractivity contribution in [2.24, 2.45) is 0 Å². The Morgan fingerprint density at radius 3 is 1.69 bits per heavy atom. The molecular weight excluding hydrogens is 504 g/mol. The van der Waals surface area contributed by atoms with E-state index in [1.165, 1.54) is 35.0 Å². The molecule has 0 radical (unpaired) electrons. The smallest absolute Gasteiger partial charge is 0.337 e. The Kier molecular flexibility index (Phi) is 11.9. The second-order valence-corrected chi connectivity index (χ2v) is 10.1. The number of hydrogen-bond donors (Lipinski definition) is 1. The summed E-state index contributed by atoms with van der Waals surface area (Å²) in [5.74, 6) is 0.0757. The Hall–Kier alpha value is -3.50. The van der Waals surface area contributed by atoms with Gasteiger partial charge in [0.25, 0.3) is 0 Å². The maximum atomic E-state index is 10.9. The molecule has 5 heteroatoms. The Labute approximate surface area is 239 Å². The molecule has 206 valence electrons. The number of carbonyl (C=O) groups is 1. The fourth-order valence-electron chi connectivity index (χ4n) is 5.39. The van der Waals surface area contributed by atoms with Gasteiger partial charge in [0.05, 0.1) is 10.6 Å². The van der Waals surface area contributed by atoms with Crippen molar-refractivity contribution < 1.29 is 9.90 Å². The van der Waals surface area contributed by atoms with Crippen LogP contribution in [-0.2, 0) is 25.7 Å². The molecular formula is C34H41ClN2O2. The number of rotatable bonds is 5. The molecule has 4 aromatic rings. The van der Waals surface area contributed by atoms with Gasteiger partial charge in [0.2, 0.25) is 0 Å². The lowest BCUT2D eigenvalue weighted by Crippen LogP contribution is -2.03. The second-order valence-electron chi connectivity index (χ2n) is 9.62. The van der Waals surface area contributed by atoms with Crippen molar-refractivity contribution in [3.05, 3.63) is 129 Å². The molecule has 2 aromatic carbocycles. The maximum Gasteiger partial charge on any atom is 0.337 e. The predicted octanol–water partition coefficient (Wildman–Crippen LogP) is 8.97. The van der Waals surface area contributed by atoms with Crippen LogP contribution in [0.25, 0.3) is 0 Å². The summed E-state index contributed by atoms with van der Waals surface area (Å²) in [6.07, 6.45) is 9.60. The average Bonchev–Trinajstić information content (AvgIpc) is 3.49. The van der Waals surface area contributed by atoms with Crippen molar-refractivity contribution in [1.82, 2.24) is 9.97 Å². The Bertz CT molecular complexity index is 1340. The van der Waals surface area contributed by atoms with Crippen LogP contribution in [-0.4, -0.2) is 21.0 Å². The first-order chi connectivity index (χ1) is 17.6. The summed E-state index contributed by atoms with van der Waals surface area (Å²) < 4.78 is 0. The number of carboxylic acid groups (broad SMARTS) is 1. The molecule has 0 spiro atoms. The van der Waals surface area contributed by atoms with Crippen LogP contribution < -0.4 is 0 Å². The lowest BCUT2D eigenvalue weighted by molar-refractivity contribution is 0.0696. The standard InChI is InChI=1S/C16H15NO2.C15H14ClN.3CH4/c18-16(19)14-9-13-7-6-12(15(13)17-10-14)8-11-4-2-1-3-5-11;16-14-9-13-7-6-12(15(13)17-10-14)8-11-4-2-1-3-5-11;;;/h1-5,9-10,12H,6-8H2,(H,18,19);1-5,9-10,12H,6-8H2;3*1H4/t2*12-;;;/m00.../s1. The highest BCUT2D eigenvalue weighted by Crippen LogP contribution is 2.35. The van der Waals surface area contributed by atoms with Gasteiger partial charge in [-0.25, -0.2) is 4.79 Å². The molecule has 0 fully saturated rings. The first-order valence-corrected chi connectivity index (χ1v) is 12.9. The van der Waals surface area contributed by atoms with Gasteiger partial charge in [0, 0.05) is 35.6 Å². The van der Waals surface area contributed by atoms with Crippen molar-refractivity contribution in [2.75, 3.05) is 0 Å². The highest BCUT2D eigenvalue weighted by Gasteiger charge is 2.25. The van der Waals surface area contributed by atoms with E-state index >= 15 is 0 Å². The molecule has 2 heterocycles. The zero-order valence-electron chi connectivity index (χ0n) is 20.1. The van der Waals surface area contributed by atoms with Gasteiger partial charge in [-0.05, 0) is 72.9 Å². The van der Waals surface area contributed by atoms with E-state index in [4.69, 9.17) is 16.7 Å². The van der Waals surface area contributed by atoms with E-state index < -0.39 is 5.97 Å². The summed E-state index contributed by atoms with van der Waals surface area (Å²) in [5.41, 5.74) is 7.75. The molecule has 4 nitrogen and oxygen atoms in total. The van der Waals surface area contributed by atoms with E-state index in [1.807, 2.05) is 18.2 Å². The Morgan fingerprint density at radius 2 is 1.21 bits per heavy atom. The molecule has 1 N–H and O–H groups in total. The zero-order chi connectivity index (χ0) is 24.9. The molecule has 0 saturated heterocycles. The average molecular weight is 545 g/mol. The minimum atomic E-state index is -0.901. The minimum absolute atomic E-state index is 0. The summed E-state index contributed by atoms with van der Waals surface area (Å²) in [6.45, 7) is 0. The molecule has 2 aliphatic carbocycles. The monoisotopic (exact) mass is 544 g/mol. The van der Waals surface area contributed by atoms with E-state index in [0.29, 0.717) is 17.4 Å². The highest BCUT2D eigenvalue weighted by molar-refractivity contribution is 6.30. The van der Waals surface area contributed by atoms with E-state index in [0.717, 1.165) is 48.4 Å². The largest absolute Gasteiger partial charge is 0.478 e. The number of pyridine rings is 2. The van der Waals surface area contributed by atoms with Crippen molar-refractivity contribution in [1.29, 1.82) is 0 Å². The quantitative estimate of drug-likeness (QED) is 0.272. The molecule has 0 unspecified atom stereocenters. The lowest BCUT2D eigenvalue weighted by Gasteiger charge is -2.10. The third kappa shape index (κ3) is 7.77. The number of aryl methyl sites for hydroxylation is 2. The normalized spacial score (nSPS) is 16.2. The van der Waals surface area contributed by atoms with Crippen molar-refractivity contribution in [2.45, 2.75) is 72.6 Å². The number of fused-ring (bicyclic) bond motifs is 2. The van der Waals surface area contributed by atoms with Crippen LogP contribution in [0.3, 0.4) is 0 Å². The van der Waals surface area contributed by atoms with Crippen molar-refractivity contribution >= 4 is 17.6 Å². The van der Waals surface area contributed by atoms with E-state index in [2.05, 4.69) is 58.5 Å². The summed E-state index contributed by atoms with van der Waals surface area (Å²) in [6, 6.07) is 24.8. The fraction of sp³-hybridized carbons (Fsp3) is 0.324. The molecule has 0 amide bonds. The van der Waals surface area contributed by atoms with Gasteiger partial charge in [0.1, 0.15) is 0 Å². The van der Waals surface area contributed by atoms with E-state index in [1.54, 1.807) is 12.3 Å². The summed E-state index contributed by atoms with van der Waals surface area (Å²) in [5, 5.41) is 9.73. The Morgan fingerprint density at radius 1 is 0.744 bits per heavy atom. The van der Waals surface area contributed by atoms with Gasteiger partial charge >= 0.3 is 5.97 Å². The maximum absolute atomic E-state index is 10.9. The molecule has 6 rings (SSSR count). The molecule has 39 heavy (non-hydrogen) atoms. The van der Waals surface area contributed by atoms with Gasteiger partial charge in [-0.15, -0.1) is 0 Å². The van der Waals surface area contributed by atoms with Crippen LogP contribution in [0.15, 0.2) is 85.2 Å². The lowest BCUT2D eigenvalue weighted by atomic mass is 9.97. The second kappa shape index (κ2) is 14.6. The molecule has 2 aromatic heterocycles. The van der Waals surface area contributed by atoms with Crippen molar-refractivity contribution in [3.63, 3.8) is 0 Å². The number of carboxylic acids is 1. The van der Waals surface area contributed by atoms with E-state index in [9.17, 15) is 4.79 Å². The third-order valence-electron chi connectivity index (χ3n) is 7.16. The summed E-state index contributed by atoms with van der Waals surface area (Å²) >= 11 is 5.97. The summed E-state index contributed by atoms with van der Waals surface area (Å²) in [7, 11) is 0. The van der Waals surface area contributed by atoms with Gasteiger partial charge in [-0.1, -0.05) is 94.5 Å². The van der Waals surface area contributed by atoms with Crippen LogP contribution >= 0.6 is 11.6 Å². The van der Waals surface area contributed by atoms with Crippen molar-refractivity contribution in [3.8, 4) is 0 Å². The van der Waals surface area contributed by atoms with E-state index in [-0.39, 0.29) is 22.3 Å². The van der Waals surface area contributed by atoms with Crippen LogP contribution in [0.5, 0.6) is 0 Å². The van der Waals surface area contributed by atoms with Gasteiger partial charge in [-0.3, -0.25) is 9.97 Å². The third-order valence-corrected chi connectivity index (χ3v) is 7.37. The molecule has 0 saturated carbocycles. The number of hydrogen-bond acceptors (Lipinski definition) is 3. The first kappa shape index (κ1) is 31.7. The molecule has 0 aliphatic heterocycles. The number of nitrogens with zero attached hydrogens (tertiary/aromatic N) is 2. The Balaban J connectivity index is 0.000000255. The zero-order valence-corrected chi connectivity index (χ0v) is 20.9. The fourth-order valence-corrected chi connectivity index (χ4v) is 5.57. The number of benzene rings is 2. The van der Waals surface area contributed by atoms with Gasteiger partial charge in [-0.2, -0.15) is 0 Å². The number of halogens is 1. The topological polar surface area (TPSA) is 63.1 Å². The molecule has 2 aliphatic rings. The van der Waals surface area contributed by atoms with Gasteiger partial charge in [0.15, 0.2) is 0 Å². The van der Waals surface area contributed by atoms with Crippen LogP contribution in [0.1, 0.15) is 91.0 Å². The number of aromatic nitrogens is 2. The first-order valence-electron chi connectivity index (χ1n) is 12.5. The number of aromatic carboxylic acids is 1. The van der Waals surface area contributed by atoms with Gasteiger partial charge < -0.3 is 5.11 Å². The SMILES string of the molecule is C.C.C.Clc1cnc2c(c1)CC[C@H]2Cc1ccccc1.O=C(O)c1cnc2c(c1)CC[C@H]2Cc1ccccc1. The highest BCUT2D eigenvalue weighted by atomic mass is 35.5.